The Hall–Kier alpha value is -2.66. The molecule has 0 saturated heterocycles. The largest absolute Gasteiger partial charge is 0.493 e. The maximum absolute atomic E-state index is 12.1. The second-order valence-corrected chi connectivity index (χ2v) is 7.53. The van der Waals surface area contributed by atoms with Gasteiger partial charge in [-0.25, -0.2) is 4.98 Å². The lowest BCUT2D eigenvalue weighted by atomic mass is 10.1. The van der Waals surface area contributed by atoms with Crippen LogP contribution in [0.4, 0.5) is 5.13 Å². The van der Waals surface area contributed by atoms with E-state index in [1.807, 2.05) is 36.6 Å². The van der Waals surface area contributed by atoms with E-state index in [4.69, 9.17) is 4.74 Å². The van der Waals surface area contributed by atoms with Gasteiger partial charge in [0.1, 0.15) is 5.75 Å². The monoisotopic (exact) mass is 380 g/mol. The van der Waals surface area contributed by atoms with E-state index in [9.17, 15) is 4.79 Å². The molecule has 1 amide bonds. The van der Waals surface area contributed by atoms with E-state index >= 15 is 0 Å². The number of carbonyl (C=O) groups is 1. The fraction of sp³-hybridized carbons (Fsp3) is 0.273. The van der Waals surface area contributed by atoms with Gasteiger partial charge in [-0.3, -0.25) is 4.79 Å². The number of amides is 1. The van der Waals surface area contributed by atoms with Gasteiger partial charge in [-0.15, -0.1) is 11.3 Å². The molecule has 0 aliphatic heterocycles. The van der Waals surface area contributed by atoms with Crippen LogP contribution in [0, 0.1) is 20.8 Å². The molecule has 2 aromatic carbocycles. The molecule has 0 bridgehead atoms. The van der Waals surface area contributed by atoms with E-state index in [-0.39, 0.29) is 5.91 Å². The molecule has 27 heavy (non-hydrogen) atoms. The summed E-state index contributed by atoms with van der Waals surface area (Å²) in [5, 5.41) is 5.47. The molecular weight excluding hydrogens is 356 g/mol. The van der Waals surface area contributed by atoms with E-state index in [2.05, 4.69) is 42.3 Å². The third kappa shape index (κ3) is 5.41. The standard InChI is InChI=1S/C22H24N2O2S/c1-15-6-9-18(10-7-15)19-14-27-22(23-19)24-21(25)5-4-12-26-20-11-8-16(2)13-17(20)3/h6-11,13-14H,4-5,12H2,1-3H3,(H,23,24,25). The molecule has 1 aromatic heterocycles. The summed E-state index contributed by atoms with van der Waals surface area (Å²) >= 11 is 1.44. The first-order valence-corrected chi connectivity index (χ1v) is 9.92. The molecule has 4 nitrogen and oxygen atoms in total. The van der Waals surface area contributed by atoms with Gasteiger partial charge in [0.05, 0.1) is 12.3 Å². The molecule has 0 fully saturated rings. The second kappa shape index (κ2) is 8.82. The van der Waals surface area contributed by atoms with Crippen LogP contribution in [0.1, 0.15) is 29.5 Å². The summed E-state index contributed by atoms with van der Waals surface area (Å²) in [7, 11) is 0. The number of anilines is 1. The van der Waals surface area contributed by atoms with Gasteiger partial charge in [0.2, 0.25) is 5.91 Å². The summed E-state index contributed by atoms with van der Waals surface area (Å²) in [4.78, 5) is 16.6. The number of nitrogens with one attached hydrogen (secondary N) is 1. The minimum Gasteiger partial charge on any atom is -0.493 e. The molecule has 0 radical (unpaired) electrons. The van der Waals surface area contributed by atoms with Gasteiger partial charge in [0, 0.05) is 17.4 Å². The van der Waals surface area contributed by atoms with Crippen LogP contribution in [-0.2, 0) is 4.79 Å². The Morgan fingerprint density at radius 3 is 2.56 bits per heavy atom. The fourth-order valence-corrected chi connectivity index (χ4v) is 3.48. The van der Waals surface area contributed by atoms with Crippen molar-refractivity contribution >= 4 is 22.4 Å². The van der Waals surface area contributed by atoms with E-state index in [0.29, 0.717) is 24.6 Å². The Bertz CT molecular complexity index is 916. The first kappa shape index (κ1) is 19.1. The quantitative estimate of drug-likeness (QED) is 0.548. The molecule has 0 atom stereocenters. The van der Waals surface area contributed by atoms with Crippen molar-refractivity contribution in [3.05, 3.63) is 64.5 Å². The molecular formula is C22H24N2O2S. The van der Waals surface area contributed by atoms with Gasteiger partial charge in [-0.05, 0) is 38.8 Å². The number of carbonyl (C=O) groups excluding carboxylic acids is 1. The van der Waals surface area contributed by atoms with E-state index in [1.165, 1.54) is 22.5 Å². The van der Waals surface area contributed by atoms with Crippen LogP contribution in [0.3, 0.4) is 0 Å². The van der Waals surface area contributed by atoms with Crippen molar-refractivity contribution in [2.75, 3.05) is 11.9 Å². The van der Waals surface area contributed by atoms with Crippen LogP contribution in [0.2, 0.25) is 0 Å². The normalized spacial score (nSPS) is 10.6. The van der Waals surface area contributed by atoms with E-state index in [0.717, 1.165) is 22.6 Å². The minimum atomic E-state index is -0.0379. The highest BCUT2D eigenvalue weighted by molar-refractivity contribution is 7.14. The van der Waals surface area contributed by atoms with Crippen molar-refractivity contribution in [1.82, 2.24) is 4.98 Å². The molecule has 0 spiro atoms. The van der Waals surface area contributed by atoms with E-state index < -0.39 is 0 Å². The minimum absolute atomic E-state index is 0.0379. The highest BCUT2D eigenvalue weighted by Crippen LogP contribution is 2.25. The number of hydrogen-bond acceptors (Lipinski definition) is 4. The van der Waals surface area contributed by atoms with Gasteiger partial charge in [-0.2, -0.15) is 0 Å². The first-order chi connectivity index (χ1) is 13.0. The lowest BCUT2D eigenvalue weighted by Crippen LogP contribution is -2.12. The van der Waals surface area contributed by atoms with Gasteiger partial charge >= 0.3 is 0 Å². The SMILES string of the molecule is Cc1ccc(-c2csc(NC(=O)CCCOc3ccc(C)cc3C)n2)cc1. The number of benzene rings is 2. The van der Waals surface area contributed by atoms with Crippen molar-refractivity contribution in [3.8, 4) is 17.0 Å². The number of aryl methyl sites for hydroxylation is 3. The van der Waals surface area contributed by atoms with Crippen LogP contribution in [0.5, 0.6) is 5.75 Å². The Kier molecular flexibility index (Phi) is 6.24. The summed E-state index contributed by atoms with van der Waals surface area (Å²) in [6.45, 7) is 6.66. The van der Waals surface area contributed by atoms with Gasteiger partial charge in [0.15, 0.2) is 5.13 Å². The number of thiazole rings is 1. The van der Waals surface area contributed by atoms with Crippen LogP contribution in [0.15, 0.2) is 47.8 Å². The zero-order valence-corrected chi connectivity index (χ0v) is 16.7. The molecule has 0 saturated carbocycles. The van der Waals surface area contributed by atoms with Gasteiger partial charge in [-0.1, -0.05) is 47.5 Å². The van der Waals surface area contributed by atoms with Crippen molar-refractivity contribution in [1.29, 1.82) is 0 Å². The van der Waals surface area contributed by atoms with E-state index in [1.54, 1.807) is 0 Å². The van der Waals surface area contributed by atoms with Crippen LogP contribution < -0.4 is 10.1 Å². The summed E-state index contributed by atoms with van der Waals surface area (Å²) in [6.07, 6.45) is 1.07. The molecule has 0 unspecified atom stereocenters. The Morgan fingerprint density at radius 2 is 1.81 bits per heavy atom. The number of ether oxygens (including phenoxy) is 1. The van der Waals surface area contributed by atoms with Crippen LogP contribution in [-0.4, -0.2) is 17.5 Å². The molecule has 0 aliphatic carbocycles. The van der Waals surface area contributed by atoms with Gasteiger partial charge in [0.25, 0.3) is 0 Å². The molecule has 1 N–H and O–H groups in total. The number of hydrogen-bond donors (Lipinski definition) is 1. The number of rotatable bonds is 7. The van der Waals surface area contributed by atoms with Crippen LogP contribution >= 0.6 is 11.3 Å². The molecule has 0 aliphatic rings. The summed E-state index contributed by atoms with van der Waals surface area (Å²) in [5.41, 5.74) is 5.48. The van der Waals surface area contributed by atoms with Crippen molar-refractivity contribution in [2.45, 2.75) is 33.6 Å². The summed E-state index contributed by atoms with van der Waals surface area (Å²) in [6, 6.07) is 14.3. The maximum Gasteiger partial charge on any atom is 0.226 e. The molecule has 1 heterocycles. The van der Waals surface area contributed by atoms with Crippen molar-refractivity contribution in [3.63, 3.8) is 0 Å². The Morgan fingerprint density at radius 1 is 1.07 bits per heavy atom. The predicted octanol–water partition coefficient (Wildman–Crippen LogP) is 5.53. The Balaban J connectivity index is 1.45. The zero-order valence-electron chi connectivity index (χ0n) is 15.9. The van der Waals surface area contributed by atoms with Gasteiger partial charge < -0.3 is 10.1 Å². The average molecular weight is 381 g/mol. The molecule has 3 aromatic rings. The smallest absolute Gasteiger partial charge is 0.226 e. The first-order valence-electron chi connectivity index (χ1n) is 9.04. The van der Waals surface area contributed by atoms with Crippen molar-refractivity contribution < 1.29 is 9.53 Å². The van der Waals surface area contributed by atoms with Crippen LogP contribution in [0.25, 0.3) is 11.3 Å². The lowest BCUT2D eigenvalue weighted by Gasteiger charge is -2.09. The highest BCUT2D eigenvalue weighted by Gasteiger charge is 2.08. The molecule has 3 rings (SSSR count). The average Bonchev–Trinajstić information content (AvgIpc) is 3.09. The zero-order chi connectivity index (χ0) is 19.2. The number of aromatic nitrogens is 1. The topological polar surface area (TPSA) is 51.2 Å². The third-order valence-electron chi connectivity index (χ3n) is 4.23. The number of nitrogens with zero attached hydrogens (tertiary/aromatic N) is 1. The molecule has 5 heteroatoms. The third-order valence-corrected chi connectivity index (χ3v) is 4.99. The Labute approximate surface area is 164 Å². The second-order valence-electron chi connectivity index (χ2n) is 6.67. The predicted molar refractivity (Wildman–Crippen MR) is 112 cm³/mol. The summed E-state index contributed by atoms with van der Waals surface area (Å²) in [5.74, 6) is 0.840. The maximum atomic E-state index is 12.1. The highest BCUT2D eigenvalue weighted by atomic mass is 32.1. The fourth-order valence-electron chi connectivity index (χ4n) is 2.75. The molecule has 140 valence electrons. The lowest BCUT2D eigenvalue weighted by molar-refractivity contribution is -0.116. The van der Waals surface area contributed by atoms with Crippen molar-refractivity contribution in [2.24, 2.45) is 0 Å². The summed E-state index contributed by atoms with van der Waals surface area (Å²) < 4.78 is 5.77.